The number of nitriles is 1. The Hall–Kier alpha value is -1.54. The molecule has 1 aliphatic heterocycles. The minimum absolute atomic E-state index is 0.320. The van der Waals surface area contributed by atoms with E-state index in [0.29, 0.717) is 16.9 Å². The van der Waals surface area contributed by atoms with E-state index in [2.05, 4.69) is 23.0 Å². The minimum Gasteiger partial charge on any atom is -0.348 e. The van der Waals surface area contributed by atoms with Crippen molar-refractivity contribution < 1.29 is 0 Å². The van der Waals surface area contributed by atoms with E-state index in [4.69, 9.17) is 10.3 Å². The number of hydrogen-bond donors (Lipinski definition) is 0. The molecule has 3 rings (SSSR count). The molecule has 0 aromatic carbocycles. The van der Waals surface area contributed by atoms with Crippen LogP contribution in [-0.4, -0.2) is 33.4 Å². The maximum atomic E-state index is 9.12. The smallest absolute Gasteiger partial charge is 0.166 e. The van der Waals surface area contributed by atoms with Crippen molar-refractivity contribution in [2.45, 2.75) is 45.1 Å². The lowest BCUT2D eigenvalue weighted by Crippen LogP contribution is -2.42. The molecule has 0 amide bonds. The fourth-order valence-corrected chi connectivity index (χ4v) is 4.78. The van der Waals surface area contributed by atoms with Crippen LogP contribution in [0.2, 0.25) is 0 Å². The maximum Gasteiger partial charge on any atom is 0.166 e. The number of amidine groups is 1. The number of aryl methyl sites for hydroxylation is 2. The first-order chi connectivity index (χ1) is 10.1. The van der Waals surface area contributed by atoms with Crippen molar-refractivity contribution in [3.05, 3.63) is 22.9 Å². The van der Waals surface area contributed by atoms with E-state index in [-0.39, 0.29) is 0 Å². The van der Waals surface area contributed by atoms with Crippen LogP contribution < -0.4 is 0 Å². The second-order valence-corrected chi connectivity index (χ2v) is 6.99. The summed E-state index contributed by atoms with van der Waals surface area (Å²) >= 11 is 1.83. The molecule has 0 atom stereocenters. The molecular weight excluding hydrogens is 280 g/mol. The normalized spacial score (nSPS) is 22.2. The van der Waals surface area contributed by atoms with Crippen LogP contribution >= 0.6 is 11.8 Å². The summed E-state index contributed by atoms with van der Waals surface area (Å²) < 4.78 is 0. The molecule has 1 aromatic heterocycles. The third-order valence-electron chi connectivity index (χ3n) is 4.71. The average molecular weight is 300 g/mol. The van der Waals surface area contributed by atoms with Gasteiger partial charge in [-0.05, 0) is 38.3 Å². The van der Waals surface area contributed by atoms with Crippen LogP contribution in [0.15, 0.2) is 11.1 Å². The van der Waals surface area contributed by atoms with Crippen LogP contribution in [0, 0.1) is 25.2 Å². The molecule has 0 bridgehead atoms. The Labute approximate surface area is 130 Å². The van der Waals surface area contributed by atoms with Crippen molar-refractivity contribution in [1.82, 2.24) is 9.88 Å². The molecule has 0 unspecified atom stereocenters. The average Bonchev–Trinajstić information content (AvgIpc) is 3.02. The highest BCUT2D eigenvalue weighted by atomic mass is 32.2. The molecule has 0 radical (unpaired) electrons. The molecule has 0 N–H and O–H groups in total. The molecule has 1 aromatic rings. The number of nitrogens with zero attached hydrogens (tertiary/aromatic N) is 4. The van der Waals surface area contributed by atoms with Gasteiger partial charge in [0, 0.05) is 12.8 Å². The van der Waals surface area contributed by atoms with Gasteiger partial charge in [0.1, 0.15) is 6.07 Å². The lowest BCUT2D eigenvalue weighted by molar-refractivity contribution is 0.256. The van der Waals surface area contributed by atoms with Gasteiger partial charge in [-0.3, -0.25) is 0 Å². The summed E-state index contributed by atoms with van der Waals surface area (Å²) in [5.41, 5.74) is 2.70. The van der Waals surface area contributed by atoms with E-state index in [1.165, 1.54) is 25.7 Å². The molecule has 2 fully saturated rings. The number of pyridine rings is 1. The molecule has 5 heteroatoms. The van der Waals surface area contributed by atoms with Gasteiger partial charge in [-0.1, -0.05) is 24.6 Å². The molecule has 4 nitrogen and oxygen atoms in total. The van der Waals surface area contributed by atoms with E-state index < -0.39 is 0 Å². The predicted octanol–water partition coefficient (Wildman–Crippen LogP) is 3.55. The zero-order valence-electron chi connectivity index (χ0n) is 12.8. The van der Waals surface area contributed by atoms with E-state index in [0.717, 1.165) is 22.2 Å². The summed E-state index contributed by atoms with van der Waals surface area (Å²) in [7, 11) is 2.16. The highest BCUT2D eigenvalue weighted by molar-refractivity contribution is 8.14. The van der Waals surface area contributed by atoms with Gasteiger partial charge in [-0.2, -0.15) is 5.26 Å². The Morgan fingerprint density at radius 1 is 1.38 bits per heavy atom. The maximum absolute atomic E-state index is 9.12. The van der Waals surface area contributed by atoms with E-state index in [1.54, 1.807) is 0 Å². The number of rotatable bonds is 1. The molecule has 1 spiro atoms. The van der Waals surface area contributed by atoms with E-state index in [9.17, 15) is 0 Å². The minimum atomic E-state index is 0.320. The number of aliphatic imine (C=N–C) groups is 1. The third-order valence-corrected chi connectivity index (χ3v) is 6.01. The number of thioether (sulfide) groups is 1. The molecule has 110 valence electrons. The molecule has 2 aliphatic rings. The van der Waals surface area contributed by atoms with Gasteiger partial charge in [-0.25, -0.2) is 9.98 Å². The molecule has 2 heterocycles. The fourth-order valence-electron chi connectivity index (χ4n) is 3.35. The summed E-state index contributed by atoms with van der Waals surface area (Å²) in [6, 6.07) is 4.12. The van der Waals surface area contributed by atoms with Crippen LogP contribution in [0.5, 0.6) is 0 Å². The van der Waals surface area contributed by atoms with Gasteiger partial charge in [0.15, 0.2) is 11.0 Å². The Morgan fingerprint density at radius 3 is 2.71 bits per heavy atom. The first-order valence-electron chi connectivity index (χ1n) is 7.39. The van der Waals surface area contributed by atoms with Crippen molar-refractivity contribution in [3.63, 3.8) is 0 Å². The van der Waals surface area contributed by atoms with Crippen LogP contribution in [-0.2, 0) is 0 Å². The van der Waals surface area contributed by atoms with Gasteiger partial charge in [0.2, 0.25) is 0 Å². The van der Waals surface area contributed by atoms with Gasteiger partial charge < -0.3 is 4.90 Å². The summed E-state index contributed by atoms with van der Waals surface area (Å²) in [4.78, 5) is 11.6. The molecule has 21 heavy (non-hydrogen) atoms. The number of hydrogen-bond acceptors (Lipinski definition) is 4. The Balaban J connectivity index is 1.91. The lowest BCUT2D eigenvalue weighted by atomic mass is 9.99. The van der Waals surface area contributed by atoms with Crippen molar-refractivity contribution >= 4 is 22.7 Å². The van der Waals surface area contributed by atoms with Gasteiger partial charge in [0.05, 0.1) is 16.8 Å². The quantitative estimate of drug-likeness (QED) is 0.796. The summed E-state index contributed by atoms with van der Waals surface area (Å²) in [6.45, 7) is 3.82. The standard InChI is InChI=1S/C16H20N4S/c1-11-8-14(18-12(2)13(11)9-17)19-15-20(3)16(10-21-15)6-4-5-7-16/h8H,4-7,10H2,1-3H3. The Kier molecular flexibility index (Phi) is 3.66. The molecule has 1 saturated heterocycles. The van der Waals surface area contributed by atoms with Crippen LogP contribution in [0.1, 0.15) is 42.5 Å². The first kappa shape index (κ1) is 14.4. The highest BCUT2D eigenvalue weighted by Crippen LogP contribution is 2.44. The summed E-state index contributed by atoms with van der Waals surface area (Å²) in [5, 5.41) is 10.2. The summed E-state index contributed by atoms with van der Waals surface area (Å²) in [6.07, 6.45) is 5.19. The Bertz CT molecular complexity index is 615. The molecule has 1 aliphatic carbocycles. The largest absolute Gasteiger partial charge is 0.348 e. The van der Waals surface area contributed by atoms with Gasteiger partial charge in [-0.15, -0.1) is 0 Å². The van der Waals surface area contributed by atoms with E-state index >= 15 is 0 Å². The zero-order chi connectivity index (χ0) is 15.0. The zero-order valence-corrected chi connectivity index (χ0v) is 13.6. The van der Waals surface area contributed by atoms with Crippen LogP contribution in [0.4, 0.5) is 5.82 Å². The van der Waals surface area contributed by atoms with Crippen molar-refractivity contribution in [3.8, 4) is 6.07 Å². The third kappa shape index (κ3) is 2.42. The first-order valence-corrected chi connectivity index (χ1v) is 8.38. The lowest BCUT2D eigenvalue weighted by Gasteiger charge is -2.32. The van der Waals surface area contributed by atoms with E-state index in [1.807, 2.05) is 31.7 Å². The second kappa shape index (κ2) is 5.34. The van der Waals surface area contributed by atoms with Crippen molar-refractivity contribution in [2.24, 2.45) is 4.99 Å². The van der Waals surface area contributed by atoms with Crippen LogP contribution in [0.25, 0.3) is 0 Å². The topological polar surface area (TPSA) is 52.3 Å². The molecular formula is C16H20N4S. The number of aromatic nitrogens is 1. The molecule has 1 saturated carbocycles. The predicted molar refractivity (Wildman–Crippen MR) is 86.9 cm³/mol. The van der Waals surface area contributed by atoms with Gasteiger partial charge >= 0.3 is 0 Å². The van der Waals surface area contributed by atoms with Crippen LogP contribution in [0.3, 0.4) is 0 Å². The van der Waals surface area contributed by atoms with Crippen molar-refractivity contribution in [2.75, 3.05) is 12.8 Å². The fraction of sp³-hybridized carbons (Fsp3) is 0.562. The SMILES string of the molecule is Cc1cc(N=C2SCC3(CCCC3)N2C)nc(C)c1C#N. The van der Waals surface area contributed by atoms with Crippen molar-refractivity contribution in [1.29, 1.82) is 5.26 Å². The Morgan fingerprint density at radius 2 is 2.10 bits per heavy atom. The second-order valence-electron chi connectivity index (χ2n) is 6.04. The monoisotopic (exact) mass is 300 g/mol. The summed E-state index contributed by atoms with van der Waals surface area (Å²) in [5.74, 6) is 1.85. The van der Waals surface area contributed by atoms with Gasteiger partial charge in [0.25, 0.3) is 0 Å². The highest BCUT2D eigenvalue weighted by Gasteiger charge is 2.44.